The smallest absolute Gasteiger partial charge is 0.255 e. The number of rotatable bonds is 8. The molecule has 1 amide bonds. The SMILES string of the molecule is COc1cc(N)c(Cl)cc1C(=O)N[C@@H]1CCN(CCNc2nccs2)C[C@@H]1OC. The highest BCUT2D eigenvalue weighted by atomic mass is 35.5. The van der Waals surface area contributed by atoms with E-state index < -0.39 is 0 Å². The monoisotopic (exact) mass is 439 g/mol. The van der Waals surface area contributed by atoms with Crippen LogP contribution in [-0.2, 0) is 4.74 Å². The van der Waals surface area contributed by atoms with Gasteiger partial charge in [0.15, 0.2) is 5.13 Å². The maximum Gasteiger partial charge on any atom is 0.255 e. The minimum atomic E-state index is -0.255. The number of benzene rings is 1. The van der Waals surface area contributed by atoms with E-state index in [-0.39, 0.29) is 18.1 Å². The zero-order valence-electron chi connectivity index (χ0n) is 16.5. The van der Waals surface area contributed by atoms with Crippen molar-refractivity contribution in [1.82, 2.24) is 15.2 Å². The number of nitrogens with one attached hydrogen (secondary N) is 2. The molecule has 0 aliphatic carbocycles. The molecule has 0 spiro atoms. The van der Waals surface area contributed by atoms with Crippen LogP contribution in [0.25, 0.3) is 0 Å². The van der Waals surface area contributed by atoms with Crippen LogP contribution in [0.4, 0.5) is 10.8 Å². The fourth-order valence-corrected chi connectivity index (χ4v) is 4.10. The Bertz CT molecular complexity index is 820. The molecule has 1 aromatic heterocycles. The molecule has 158 valence electrons. The summed E-state index contributed by atoms with van der Waals surface area (Å²) < 4.78 is 10.9. The zero-order chi connectivity index (χ0) is 20.8. The highest BCUT2D eigenvalue weighted by Crippen LogP contribution is 2.29. The molecular weight excluding hydrogens is 414 g/mol. The first kappa shape index (κ1) is 21.6. The Kier molecular flexibility index (Phi) is 7.54. The van der Waals surface area contributed by atoms with Crippen LogP contribution in [0.2, 0.25) is 5.02 Å². The number of hydrogen-bond donors (Lipinski definition) is 3. The number of anilines is 2. The molecule has 10 heteroatoms. The van der Waals surface area contributed by atoms with Crippen molar-refractivity contribution in [2.75, 3.05) is 51.4 Å². The molecule has 2 aromatic rings. The van der Waals surface area contributed by atoms with Crippen molar-refractivity contribution in [3.05, 3.63) is 34.3 Å². The number of methoxy groups -OCH3 is 2. The number of likely N-dealkylation sites (tertiary alicyclic amines) is 1. The highest BCUT2D eigenvalue weighted by Gasteiger charge is 2.31. The number of amides is 1. The third-order valence-corrected chi connectivity index (χ3v) is 6.02. The Hall–Kier alpha value is -2.07. The Morgan fingerprint density at radius 3 is 2.97 bits per heavy atom. The molecule has 8 nitrogen and oxygen atoms in total. The standard InChI is InChI=1S/C19H26ClN5O3S/c1-27-16-10-14(21)13(20)9-12(16)18(26)24-15-3-6-25(11-17(15)28-2)7-4-22-19-23-5-8-29-19/h5,8-10,15,17H,3-4,6-7,11,21H2,1-2H3,(H,22,23)(H,24,26)/t15-,17+/m1/s1. The first-order chi connectivity index (χ1) is 14.0. The predicted molar refractivity (Wildman–Crippen MR) is 116 cm³/mol. The van der Waals surface area contributed by atoms with E-state index in [1.54, 1.807) is 30.7 Å². The summed E-state index contributed by atoms with van der Waals surface area (Å²) in [6, 6.07) is 2.99. The van der Waals surface area contributed by atoms with Gasteiger partial charge in [-0.1, -0.05) is 11.6 Å². The number of nitrogens with two attached hydrogens (primary N) is 1. The number of carbonyl (C=O) groups is 1. The lowest BCUT2D eigenvalue weighted by molar-refractivity contribution is 0.00763. The third-order valence-electron chi connectivity index (χ3n) is 4.96. The lowest BCUT2D eigenvalue weighted by Gasteiger charge is -2.38. The fourth-order valence-electron chi connectivity index (χ4n) is 3.38. The largest absolute Gasteiger partial charge is 0.496 e. The van der Waals surface area contributed by atoms with Crippen LogP contribution in [0.15, 0.2) is 23.7 Å². The minimum absolute atomic E-state index is 0.100. The van der Waals surface area contributed by atoms with Gasteiger partial charge in [0.1, 0.15) is 5.75 Å². The molecule has 0 unspecified atom stereocenters. The van der Waals surface area contributed by atoms with Gasteiger partial charge in [-0.25, -0.2) is 4.98 Å². The molecule has 1 fully saturated rings. The molecule has 2 atom stereocenters. The molecule has 0 saturated carbocycles. The Labute approximate surface area is 179 Å². The van der Waals surface area contributed by atoms with Crippen molar-refractivity contribution in [1.29, 1.82) is 0 Å². The van der Waals surface area contributed by atoms with Gasteiger partial charge in [-0.3, -0.25) is 9.69 Å². The molecule has 29 heavy (non-hydrogen) atoms. The number of thiazole rings is 1. The van der Waals surface area contributed by atoms with Crippen LogP contribution >= 0.6 is 22.9 Å². The average Bonchev–Trinajstić information content (AvgIpc) is 3.24. The Morgan fingerprint density at radius 1 is 1.45 bits per heavy atom. The summed E-state index contributed by atoms with van der Waals surface area (Å²) in [5.74, 6) is 0.138. The quantitative estimate of drug-likeness (QED) is 0.542. The summed E-state index contributed by atoms with van der Waals surface area (Å²) in [7, 11) is 3.16. The van der Waals surface area contributed by atoms with Crippen LogP contribution in [-0.4, -0.2) is 68.3 Å². The van der Waals surface area contributed by atoms with Crippen LogP contribution in [0.5, 0.6) is 5.75 Å². The van der Waals surface area contributed by atoms with Gasteiger partial charge in [-0.2, -0.15) is 0 Å². The molecule has 1 aliphatic rings. The van der Waals surface area contributed by atoms with Crippen molar-refractivity contribution in [2.24, 2.45) is 0 Å². The van der Waals surface area contributed by atoms with E-state index in [1.807, 2.05) is 5.38 Å². The summed E-state index contributed by atoms with van der Waals surface area (Å²) in [5, 5.41) is 9.56. The molecule has 3 rings (SSSR count). The maximum atomic E-state index is 12.8. The number of aromatic nitrogens is 1. The summed E-state index contributed by atoms with van der Waals surface area (Å²) >= 11 is 7.67. The first-order valence-electron chi connectivity index (χ1n) is 9.34. The molecule has 0 radical (unpaired) electrons. The summed E-state index contributed by atoms with van der Waals surface area (Å²) in [6.07, 6.45) is 2.46. The second-order valence-corrected chi connectivity index (χ2v) is 8.08. The number of nitrogen functional groups attached to an aromatic ring is 1. The second-order valence-electron chi connectivity index (χ2n) is 6.78. The second kappa shape index (κ2) is 10.1. The van der Waals surface area contributed by atoms with Crippen LogP contribution in [0.1, 0.15) is 16.8 Å². The first-order valence-corrected chi connectivity index (χ1v) is 10.6. The van der Waals surface area contributed by atoms with Crippen LogP contribution in [0.3, 0.4) is 0 Å². The molecule has 0 bridgehead atoms. The van der Waals surface area contributed by atoms with E-state index >= 15 is 0 Å². The van der Waals surface area contributed by atoms with E-state index in [2.05, 4.69) is 20.5 Å². The Morgan fingerprint density at radius 2 is 2.28 bits per heavy atom. The zero-order valence-corrected chi connectivity index (χ0v) is 18.1. The topological polar surface area (TPSA) is 102 Å². The molecule has 1 aromatic carbocycles. The summed E-state index contributed by atoms with van der Waals surface area (Å²) in [6.45, 7) is 3.29. The van der Waals surface area contributed by atoms with Crippen molar-refractivity contribution in [2.45, 2.75) is 18.6 Å². The number of carbonyl (C=O) groups excluding carboxylic acids is 1. The van der Waals surface area contributed by atoms with Crippen molar-refractivity contribution in [3.63, 3.8) is 0 Å². The van der Waals surface area contributed by atoms with Gasteiger partial charge in [-0.15, -0.1) is 11.3 Å². The minimum Gasteiger partial charge on any atom is -0.496 e. The van der Waals surface area contributed by atoms with Crippen molar-refractivity contribution in [3.8, 4) is 5.75 Å². The number of hydrogen-bond acceptors (Lipinski definition) is 8. The predicted octanol–water partition coefficient (Wildman–Crippen LogP) is 2.32. The normalized spacial score (nSPS) is 19.7. The van der Waals surface area contributed by atoms with E-state index in [9.17, 15) is 4.79 Å². The van der Waals surface area contributed by atoms with Gasteiger partial charge in [0, 0.05) is 50.9 Å². The fraction of sp³-hybridized carbons (Fsp3) is 0.474. The Balaban J connectivity index is 1.56. The molecular formula is C19H26ClN5O3S. The molecule has 1 aliphatic heterocycles. The van der Waals surface area contributed by atoms with Gasteiger partial charge < -0.3 is 25.8 Å². The third kappa shape index (κ3) is 5.51. The summed E-state index contributed by atoms with van der Waals surface area (Å²) in [5.41, 5.74) is 6.53. The lowest BCUT2D eigenvalue weighted by Crippen LogP contribution is -2.55. The van der Waals surface area contributed by atoms with Gasteiger partial charge >= 0.3 is 0 Å². The van der Waals surface area contributed by atoms with E-state index in [1.165, 1.54) is 13.2 Å². The van der Waals surface area contributed by atoms with Crippen molar-refractivity contribution >= 4 is 39.7 Å². The highest BCUT2D eigenvalue weighted by molar-refractivity contribution is 7.13. The van der Waals surface area contributed by atoms with E-state index in [4.69, 9.17) is 26.8 Å². The van der Waals surface area contributed by atoms with E-state index in [0.29, 0.717) is 22.0 Å². The average molecular weight is 440 g/mol. The van der Waals surface area contributed by atoms with Gasteiger partial charge in [0.25, 0.3) is 5.91 Å². The molecule has 1 saturated heterocycles. The maximum absolute atomic E-state index is 12.8. The van der Waals surface area contributed by atoms with Gasteiger partial charge in [0.05, 0.1) is 35.5 Å². The van der Waals surface area contributed by atoms with Crippen LogP contribution in [0, 0.1) is 0 Å². The van der Waals surface area contributed by atoms with E-state index in [0.717, 1.165) is 37.7 Å². The van der Waals surface area contributed by atoms with Gasteiger partial charge in [0.2, 0.25) is 0 Å². The van der Waals surface area contributed by atoms with Crippen LogP contribution < -0.4 is 21.1 Å². The molecule has 4 N–H and O–H groups in total. The summed E-state index contributed by atoms with van der Waals surface area (Å²) in [4.78, 5) is 19.4. The number of ether oxygens (including phenoxy) is 2. The number of halogens is 1. The van der Waals surface area contributed by atoms with Gasteiger partial charge in [-0.05, 0) is 12.5 Å². The lowest BCUT2D eigenvalue weighted by atomic mass is 10.0. The molecule has 2 heterocycles. The number of nitrogens with zero attached hydrogens (tertiary/aromatic N) is 2. The van der Waals surface area contributed by atoms with Crippen molar-refractivity contribution < 1.29 is 14.3 Å². The number of piperidine rings is 1.